The Morgan fingerprint density at radius 2 is 1.79 bits per heavy atom. The van der Waals surface area contributed by atoms with E-state index in [0.717, 1.165) is 0 Å². The number of halogens is 1. The number of benzene rings is 2. The Bertz CT molecular complexity index is 1090. The van der Waals surface area contributed by atoms with Crippen LogP contribution in [0.4, 0.5) is 11.5 Å². The van der Waals surface area contributed by atoms with Gasteiger partial charge in [0.05, 0.1) is 34.5 Å². The molecule has 0 spiro atoms. The molecule has 1 aromatic heterocycles. The molecular weight excluding hydrogens is 392 g/mol. The van der Waals surface area contributed by atoms with Crippen LogP contribution in [0.15, 0.2) is 60.8 Å². The summed E-state index contributed by atoms with van der Waals surface area (Å²) >= 11 is 5.80. The van der Waals surface area contributed by atoms with Gasteiger partial charge in [0.15, 0.2) is 0 Å². The van der Waals surface area contributed by atoms with Crippen LogP contribution in [0.25, 0.3) is 0 Å². The van der Waals surface area contributed by atoms with Crippen molar-refractivity contribution in [2.45, 2.75) is 6.61 Å². The maximum Gasteiger partial charge on any atom is 0.258 e. The molecule has 2 aromatic carbocycles. The number of amides is 2. The molecule has 144 valence electrons. The van der Waals surface area contributed by atoms with Crippen LogP contribution in [0.3, 0.4) is 0 Å². The largest absolute Gasteiger partial charge is 0.392 e. The standard InChI is InChI=1S/C21H15ClN4O3/c22-16-6-8-19(24-11-16)26-21(29)17-9-14(12-27)3-7-18(17)25-20(28)15-4-1-13(10-23)2-5-15/h1-9,11,27H,12H2,(H,25,28)(H,24,26,29). The zero-order chi connectivity index (χ0) is 20.8. The Balaban J connectivity index is 1.86. The quantitative estimate of drug-likeness (QED) is 0.598. The molecule has 2 amide bonds. The topological polar surface area (TPSA) is 115 Å². The van der Waals surface area contributed by atoms with Crippen molar-refractivity contribution in [3.8, 4) is 6.07 Å². The van der Waals surface area contributed by atoms with E-state index in [0.29, 0.717) is 21.7 Å². The van der Waals surface area contributed by atoms with Crippen LogP contribution in [-0.2, 0) is 6.61 Å². The number of hydrogen-bond acceptors (Lipinski definition) is 5. The van der Waals surface area contributed by atoms with Crippen molar-refractivity contribution < 1.29 is 14.7 Å². The maximum atomic E-state index is 12.7. The number of aliphatic hydroxyl groups excluding tert-OH is 1. The molecule has 0 aliphatic heterocycles. The number of nitrogens with one attached hydrogen (secondary N) is 2. The van der Waals surface area contributed by atoms with Crippen molar-refractivity contribution in [1.82, 2.24) is 4.98 Å². The molecule has 0 fully saturated rings. The molecular formula is C21H15ClN4O3. The maximum absolute atomic E-state index is 12.7. The highest BCUT2D eigenvalue weighted by Crippen LogP contribution is 2.21. The first-order valence-electron chi connectivity index (χ1n) is 8.48. The van der Waals surface area contributed by atoms with Gasteiger partial charge in [-0.15, -0.1) is 0 Å². The summed E-state index contributed by atoms with van der Waals surface area (Å²) in [5.74, 6) is -0.659. The fourth-order valence-corrected chi connectivity index (χ4v) is 2.62. The number of anilines is 2. The summed E-state index contributed by atoms with van der Waals surface area (Å²) in [6, 6.07) is 15.8. The second-order valence-electron chi connectivity index (χ2n) is 6.00. The van der Waals surface area contributed by atoms with Gasteiger partial charge in [-0.1, -0.05) is 17.7 Å². The van der Waals surface area contributed by atoms with Gasteiger partial charge in [0.2, 0.25) is 0 Å². The van der Waals surface area contributed by atoms with Crippen LogP contribution < -0.4 is 10.6 Å². The van der Waals surface area contributed by atoms with Crippen LogP contribution in [0.1, 0.15) is 31.8 Å². The van der Waals surface area contributed by atoms with Crippen molar-refractivity contribution in [2.24, 2.45) is 0 Å². The van der Waals surface area contributed by atoms with Gasteiger partial charge in [0.1, 0.15) is 5.82 Å². The van der Waals surface area contributed by atoms with E-state index in [2.05, 4.69) is 15.6 Å². The smallest absolute Gasteiger partial charge is 0.258 e. The lowest BCUT2D eigenvalue weighted by molar-refractivity contribution is 0.102. The van der Waals surface area contributed by atoms with Gasteiger partial charge in [0, 0.05) is 11.8 Å². The molecule has 8 heteroatoms. The number of pyridine rings is 1. The predicted octanol–water partition coefficient (Wildman–Crippen LogP) is 3.60. The first-order chi connectivity index (χ1) is 14.0. The Morgan fingerprint density at radius 3 is 2.41 bits per heavy atom. The SMILES string of the molecule is N#Cc1ccc(C(=O)Nc2ccc(CO)cc2C(=O)Nc2ccc(Cl)cn2)cc1. The minimum absolute atomic E-state index is 0.162. The van der Waals surface area contributed by atoms with E-state index in [1.807, 2.05) is 6.07 Å². The number of nitrogens with zero attached hydrogens (tertiary/aromatic N) is 2. The van der Waals surface area contributed by atoms with Gasteiger partial charge in [-0.25, -0.2) is 4.98 Å². The van der Waals surface area contributed by atoms with E-state index in [4.69, 9.17) is 16.9 Å². The van der Waals surface area contributed by atoms with Gasteiger partial charge >= 0.3 is 0 Å². The molecule has 0 saturated heterocycles. The zero-order valence-corrected chi connectivity index (χ0v) is 15.8. The van der Waals surface area contributed by atoms with Crippen LogP contribution in [0, 0.1) is 11.3 Å². The average Bonchev–Trinajstić information content (AvgIpc) is 2.75. The lowest BCUT2D eigenvalue weighted by Gasteiger charge is -2.13. The van der Waals surface area contributed by atoms with Crippen molar-refractivity contribution in [2.75, 3.05) is 10.6 Å². The molecule has 0 unspecified atom stereocenters. The molecule has 29 heavy (non-hydrogen) atoms. The van der Waals surface area contributed by atoms with E-state index >= 15 is 0 Å². The number of aliphatic hydroxyl groups is 1. The summed E-state index contributed by atoms with van der Waals surface area (Å²) in [5, 5.41) is 24.0. The van der Waals surface area contributed by atoms with Crippen LogP contribution in [-0.4, -0.2) is 21.9 Å². The highest BCUT2D eigenvalue weighted by molar-refractivity contribution is 6.30. The molecule has 0 atom stereocenters. The molecule has 0 saturated carbocycles. The van der Waals surface area contributed by atoms with Gasteiger partial charge in [0.25, 0.3) is 11.8 Å². The summed E-state index contributed by atoms with van der Waals surface area (Å²) in [7, 11) is 0. The van der Waals surface area contributed by atoms with E-state index in [-0.39, 0.29) is 23.7 Å². The summed E-state index contributed by atoms with van der Waals surface area (Å²) in [6.45, 7) is -0.261. The fourth-order valence-electron chi connectivity index (χ4n) is 2.51. The Morgan fingerprint density at radius 1 is 1.03 bits per heavy atom. The molecule has 3 N–H and O–H groups in total. The Labute approximate surface area is 171 Å². The molecule has 1 heterocycles. The first kappa shape index (κ1) is 20.0. The second-order valence-corrected chi connectivity index (χ2v) is 6.43. The van der Waals surface area contributed by atoms with E-state index in [1.165, 1.54) is 42.6 Å². The van der Waals surface area contributed by atoms with Crippen molar-refractivity contribution in [1.29, 1.82) is 5.26 Å². The van der Waals surface area contributed by atoms with Crippen LogP contribution >= 0.6 is 11.6 Å². The Kier molecular flexibility index (Phi) is 6.19. The average molecular weight is 407 g/mol. The number of carbonyl (C=O) groups excluding carboxylic acids is 2. The highest BCUT2D eigenvalue weighted by Gasteiger charge is 2.16. The van der Waals surface area contributed by atoms with E-state index in [1.54, 1.807) is 18.2 Å². The normalized spacial score (nSPS) is 10.1. The third kappa shape index (κ3) is 4.96. The summed E-state index contributed by atoms with van der Waals surface area (Å²) in [6.07, 6.45) is 1.40. The van der Waals surface area contributed by atoms with E-state index < -0.39 is 11.8 Å². The molecule has 0 bridgehead atoms. The van der Waals surface area contributed by atoms with Crippen molar-refractivity contribution in [3.05, 3.63) is 88.1 Å². The van der Waals surface area contributed by atoms with Crippen LogP contribution in [0.5, 0.6) is 0 Å². The Hall–Kier alpha value is -3.73. The van der Waals surface area contributed by atoms with Gasteiger partial charge in [-0.05, 0) is 54.1 Å². The molecule has 0 radical (unpaired) electrons. The van der Waals surface area contributed by atoms with Gasteiger partial charge < -0.3 is 15.7 Å². The number of aromatic nitrogens is 1. The summed E-state index contributed by atoms with van der Waals surface area (Å²) in [4.78, 5) is 29.3. The lowest BCUT2D eigenvalue weighted by Crippen LogP contribution is -2.19. The monoisotopic (exact) mass is 406 g/mol. The number of rotatable bonds is 5. The first-order valence-corrected chi connectivity index (χ1v) is 8.86. The lowest BCUT2D eigenvalue weighted by atomic mass is 10.1. The van der Waals surface area contributed by atoms with Crippen molar-refractivity contribution >= 4 is 34.9 Å². The van der Waals surface area contributed by atoms with E-state index in [9.17, 15) is 14.7 Å². The minimum atomic E-state index is -0.509. The third-order valence-corrected chi connectivity index (χ3v) is 4.23. The minimum Gasteiger partial charge on any atom is -0.392 e. The zero-order valence-electron chi connectivity index (χ0n) is 15.0. The molecule has 7 nitrogen and oxygen atoms in total. The predicted molar refractivity (Wildman–Crippen MR) is 109 cm³/mol. The number of carbonyl (C=O) groups is 2. The second kappa shape index (κ2) is 8.97. The highest BCUT2D eigenvalue weighted by atomic mass is 35.5. The third-order valence-electron chi connectivity index (χ3n) is 4.00. The van der Waals surface area contributed by atoms with Crippen molar-refractivity contribution in [3.63, 3.8) is 0 Å². The van der Waals surface area contributed by atoms with Gasteiger partial charge in [-0.2, -0.15) is 5.26 Å². The number of nitriles is 1. The molecule has 3 aromatic rings. The van der Waals surface area contributed by atoms with Crippen LogP contribution in [0.2, 0.25) is 5.02 Å². The molecule has 0 aliphatic carbocycles. The fraction of sp³-hybridized carbons (Fsp3) is 0.0476. The molecule has 3 rings (SSSR count). The summed E-state index contributed by atoms with van der Waals surface area (Å²) < 4.78 is 0. The van der Waals surface area contributed by atoms with Gasteiger partial charge in [-0.3, -0.25) is 9.59 Å². The summed E-state index contributed by atoms with van der Waals surface area (Å²) in [5.41, 5.74) is 1.71. The number of hydrogen-bond donors (Lipinski definition) is 3. The molecule has 0 aliphatic rings.